The molecule has 0 aliphatic carbocycles. The molecule has 18 heavy (non-hydrogen) atoms. The lowest BCUT2D eigenvalue weighted by molar-refractivity contribution is -0.145. The number of methoxy groups -OCH3 is 1. The fraction of sp³-hybridized carbons (Fsp3) is 0.636. The lowest BCUT2D eigenvalue weighted by Crippen LogP contribution is -2.23. The van der Waals surface area contributed by atoms with Gasteiger partial charge < -0.3 is 4.74 Å². The third-order valence-electron chi connectivity index (χ3n) is 2.49. The molecule has 0 aliphatic rings. The Morgan fingerprint density at radius 2 is 2.11 bits per heavy atom. The van der Waals surface area contributed by atoms with Crippen LogP contribution in [0.4, 0.5) is 0 Å². The molecule has 6 nitrogen and oxygen atoms in total. The molecule has 0 saturated heterocycles. The molecule has 0 unspecified atom stereocenters. The molecule has 0 aliphatic heterocycles. The minimum Gasteiger partial charge on any atom is -0.467 e. The van der Waals surface area contributed by atoms with Crippen LogP contribution in [-0.4, -0.2) is 37.5 Å². The zero-order valence-corrected chi connectivity index (χ0v) is 11.8. The van der Waals surface area contributed by atoms with Gasteiger partial charge in [-0.1, -0.05) is 13.8 Å². The summed E-state index contributed by atoms with van der Waals surface area (Å²) >= 11 is 0. The zero-order valence-electron chi connectivity index (χ0n) is 11.0. The van der Waals surface area contributed by atoms with Gasteiger partial charge in [0, 0.05) is 12.5 Å². The van der Waals surface area contributed by atoms with E-state index in [1.165, 1.54) is 24.2 Å². The van der Waals surface area contributed by atoms with E-state index >= 15 is 0 Å². The van der Waals surface area contributed by atoms with Gasteiger partial charge in [-0.15, -0.1) is 0 Å². The van der Waals surface area contributed by atoms with Crippen LogP contribution in [0.2, 0.25) is 0 Å². The third-order valence-corrected chi connectivity index (χ3v) is 3.56. The van der Waals surface area contributed by atoms with Crippen molar-refractivity contribution >= 4 is 15.8 Å². The maximum atomic E-state index is 11.7. The van der Waals surface area contributed by atoms with E-state index in [0.717, 1.165) is 6.26 Å². The van der Waals surface area contributed by atoms with E-state index in [1.807, 2.05) is 13.8 Å². The Hall–Kier alpha value is -1.37. The van der Waals surface area contributed by atoms with Crippen molar-refractivity contribution in [3.63, 3.8) is 0 Å². The normalized spacial score (nSPS) is 13.6. The standard InChI is InChI=1S/C11H18N2O4S/c1-8(2)5-10(11(14)17-3)13-7-9(6-12-13)18(4,15)16/h6-8,10H,5H2,1-4H3/t10-/m0/s1. The number of carbonyl (C=O) groups is 1. The predicted molar refractivity (Wildman–Crippen MR) is 65.8 cm³/mol. The summed E-state index contributed by atoms with van der Waals surface area (Å²) in [6, 6.07) is -0.592. The quantitative estimate of drug-likeness (QED) is 0.750. The van der Waals surface area contributed by atoms with Gasteiger partial charge in [-0.25, -0.2) is 13.2 Å². The molecule has 102 valence electrons. The highest BCUT2D eigenvalue weighted by molar-refractivity contribution is 7.90. The summed E-state index contributed by atoms with van der Waals surface area (Å²) in [4.78, 5) is 11.8. The van der Waals surface area contributed by atoms with Crippen molar-refractivity contribution in [3.8, 4) is 0 Å². The number of nitrogens with zero attached hydrogens (tertiary/aromatic N) is 2. The molecule has 0 spiro atoms. The van der Waals surface area contributed by atoms with Crippen LogP contribution in [0.3, 0.4) is 0 Å². The van der Waals surface area contributed by atoms with Gasteiger partial charge in [0.2, 0.25) is 0 Å². The highest BCUT2D eigenvalue weighted by Gasteiger charge is 2.24. The summed E-state index contributed by atoms with van der Waals surface area (Å²) in [5, 5.41) is 3.94. The first-order chi connectivity index (χ1) is 8.25. The number of sulfone groups is 1. The van der Waals surface area contributed by atoms with E-state index in [4.69, 9.17) is 4.74 Å². The van der Waals surface area contributed by atoms with Crippen molar-refractivity contribution in [2.24, 2.45) is 5.92 Å². The lowest BCUT2D eigenvalue weighted by atomic mass is 10.0. The first-order valence-electron chi connectivity index (χ1n) is 5.57. The summed E-state index contributed by atoms with van der Waals surface area (Å²) < 4.78 is 28.8. The van der Waals surface area contributed by atoms with E-state index in [2.05, 4.69) is 5.10 Å². The van der Waals surface area contributed by atoms with Crippen LogP contribution >= 0.6 is 0 Å². The molecule has 0 N–H and O–H groups in total. The fourth-order valence-electron chi connectivity index (χ4n) is 1.58. The predicted octanol–water partition coefficient (Wildman–Crippen LogP) is 1.05. The number of esters is 1. The summed E-state index contributed by atoms with van der Waals surface area (Å²) in [5.41, 5.74) is 0. The summed E-state index contributed by atoms with van der Waals surface area (Å²) in [7, 11) is -2.01. The van der Waals surface area contributed by atoms with Crippen LogP contribution < -0.4 is 0 Å². The lowest BCUT2D eigenvalue weighted by Gasteiger charge is -2.16. The summed E-state index contributed by atoms with van der Waals surface area (Å²) in [6.45, 7) is 3.94. The molecule has 1 rings (SSSR count). The average Bonchev–Trinajstić information content (AvgIpc) is 2.73. The fourth-order valence-corrected chi connectivity index (χ4v) is 2.12. The Balaban J connectivity index is 3.06. The number of aromatic nitrogens is 2. The number of hydrogen-bond donors (Lipinski definition) is 0. The SMILES string of the molecule is COC(=O)[C@H](CC(C)C)n1cc(S(C)(=O)=O)cn1. The number of carbonyl (C=O) groups excluding carboxylic acids is 1. The molecule has 0 bridgehead atoms. The van der Waals surface area contributed by atoms with Gasteiger partial charge in [-0.05, 0) is 12.3 Å². The topological polar surface area (TPSA) is 78.3 Å². The summed E-state index contributed by atoms with van der Waals surface area (Å²) in [5.74, 6) is -0.160. The molecule has 0 aromatic carbocycles. The largest absolute Gasteiger partial charge is 0.467 e. The molecule has 1 aromatic heterocycles. The van der Waals surface area contributed by atoms with Crippen molar-refractivity contribution in [2.75, 3.05) is 13.4 Å². The maximum absolute atomic E-state index is 11.7. The molecule has 1 aromatic rings. The number of ether oxygens (including phenoxy) is 1. The molecule has 1 atom stereocenters. The van der Waals surface area contributed by atoms with Gasteiger partial charge >= 0.3 is 5.97 Å². The van der Waals surface area contributed by atoms with Gasteiger partial charge in [0.15, 0.2) is 9.84 Å². The average molecular weight is 274 g/mol. The molecule has 0 fully saturated rings. The van der Waals surface area contributed by atoms with E-state index in [-0.39, 0.29) is 10.8 Å². The Labute approximate surface area is 107 Å². The van der Waals surface area contributed by atoms with Crippen molar-refractivity contribution < 1.29 is 17.9 Å². The van der Waals surface area contributed by atoms with Gasteiger partial charge in [-0.2, -0.15) is 5.10 Å². The van der Waals surface area contributed by atoms with Crippen LogP contribution in [-0.2, 0) is 19.4 Å². The molecule has 0 radical (unpaired) electrons. The summed E-state index contributed by atoms with van der Waals surface area (Å²) in [6.07, 6.45) is 4.24. The van der Waals surface area contributed by atoms with Crippen LogP contribution in [0.15, 0.2) is 17.3 Å². The van der Waals surface area contributed by atoms with Crippen molar-refractivity contribution in [1.82, 2.24) is 9.78 Å². The van der Waals surface area contributed by atoms with Crippen molar-refractivity contribution in [3.05, 3.63) is 12.4 Å². The Morgan fingerprint density at radius 3 is 2.50 bits per heavy atom. The van der Waals surface area contributed by atoms with Crippen molar-refractivity contribution in [1.29, 1.82) is 0 Å². The van der Waals surface area contributed by atoms with Crippen LogP contribution in [0.1, 0.15) is 26.3 Å². The second kappa shape index (κ2) is 5.51. The Bertz CT molecular complexity index is 519. The second-order valence-electron chi connectivity index (χ2n) is 4.60. The van der Waals surface area contributed by atoms with Gasteiger partial charge in [0.25, 0.3) is 0 Å². The van der Waals surface area contributed by atoms with Gasteiger partial charge in [0.1, 0.15) is 10.9 Å². The maximum Gasteiger partial charge on any atom is 0.330 e. The van der Waals surface area contributed by atoms with E-state index in [0.29, 0.717) is 6.42 Å². The Kier molecular flexibility index (Phi) is 4.50. The molecule has 1 heterocycles. The smallest absolute Gasteiger partial charge is 0.330 e. The first kappa shape index (κ1) is 14.7. The molecule has 0 saturated carbocycles. The zero-order chi connectivity index (χ0) is 13.9. The Morgan fingerprint density at radius 1 is 1.50 bits per heavy atom. The first-order valence-corrected chi connectivity index (χ1v) is 7.47. The van der Waals surface area contributed by atoms with Crippen LogP contribution in [0, 0.1) is 5.92 Å². The molecule has 7 heteroatoms. The van der Waals surface area contributed by atoms with Gasteiger partial charge in [0.05, 0.1) is 13.3 Å². The molecular weight excluding hydrogens is 256 g/mol. The van der Waals surface area contributed by atoms with E-state index in [1.54, 1.807) is 0 Å². The minimum absolute atomic E-state index is 0.0974. The minimum atomic E-state index is -3.31. The number of rotatable bonds is 5. The van der Waals surface area contributed by atoms with Gasteiger partial charge in [-0.3, -0.25) is 4.68 Å². The monoisotopic (exact) mass is 274 g/mol. The van der Waals surface area contributed by atoms with Crippen molar-refractivity contribution in [2.45, 2.75) is 31.2 Å². The van der Waals surface area contributed by atoms with E-state index in [9.17, 15) is 13.2 Å². The molecular formula is C11H18N2O4S. The molecule has 0 amide bonds. The second-order valence-corrected chi connectivity index (χ2v) is 6.61. The number of hydrogen-bond acceptors (Lipinski definition) is 5. The third kappa shape index (κ3) is 3.56. The highest BCUT2D eigenvalue weighted by atomic mass is 32.2. The highest BCUT2D eigenvalue weighted by Crippen LogP contribution is 2.20. The van der Waals surface area contributed by atoms with Crippen LogP contribution in [0.25, 0.3) is 0 Å². The van der Waals surface area contributed by atoms with Crippen LogP contribution in [0.5, 0.6) is 0 Å². The van der Waals surface area contributed by atoms with E-state index < -0.39 is 21.8 Å².